The van der Waals surface area contributed by atoms with Gasteiger partial charge in [0.1, 0.15) is 30.2 Å². The summed E-state index contributed by atoms with van der Waals surface area (Å²) >= 11 is 0. The number of para-hydroxylation sites is 1. The molecule has 8 N–H and O–H groups in total. The monoisotopic (exact) mass is 1140 g/mol. The van der Waals surface area contributed by atoms with Crippen molar-refractivity contribution < 1.29 is 71.3 Å². The third-order valence-electron chi connectivity index (χ3n) is 14.2. The number of amides is 4. The van der Waals surface area contributed by atoms with Gasteiger partial charge in [-0.1, -0.05) is 95.0 Å². The fourth-order valence-electron chi connectivity index (χ4n) is 9.57. The molecule has 0 unspecified atom stereocenters. The van der Waals surface area contributed by atoms with Crippen LogP contribution in [0, 0.1) is 6.92 Å². The Bertz CT molecular complexity index is 2980. The quantitative estimate of drug-likeness (QED) is 0.0167. The summed E-state index contributed by atoms with van der Waals surface area (Å²) in [5.74, 6) is -3.80. The Morgan fingerprint density at radius 2 is 1.49 bits per heavy atom. The molecule has 21 heteroatoms. The Balaban J connectivity index is 1.15. The standard InChI is InChI=1S/C60H77N5O15S/c1-40-16-10-11-21-46(40)59(3,4)41(2)23-24-42-17-14-18-43(54(42)80-45-19-8-7-9-20-45)26-29-51-60(5,6)47-38-44(25-28-50(47)65(51)33-15-37-81(75,76)77)55(69)62-32-34-78-35-36-79-39-52(66)61-31-13-12-22-48(56(70)71)63-58(74)64-49(57(72)73)27-30-53(67)68/h7-11,16,19-21,23-26,28-29,38,48-49H,2,12-15,17-18,22,27,30-37,39H2,1,3-6H3,(H,61,66)(H,62,69)(H,67,68)(H,70,71)(H,72,73)(H2,63,64,74)(H,75,76,77)/b24-23+,43-26+,51-29+/t48-,49-/m0/s1. The van der Waals surface area contributed by atoms with Crippen LogP contribution in [0.15, 0.2) is 132 Å². The number of aliphatic carboxylic acids is 3. The minimum Gasteiger partial charge on any atom is -0.481 e. The molecular formula is C60H77N5O15S. The summed E-state index contributed by atoms with van der Waals surface area (Å²) in [6.45, 7) is 15.8. The number of carbonyl (C=O) groups is 6. The van der Waals surface area contributed by atoms with Crippen molar-refractivity contribution in [2.75, 3.05) is 56.7 Å². The summed E-state index contributed by atoms with van der Waals surface area (Å²) in [6.07, 6.45) is 10.6. The highest BCUT2D eigenvalue weighted by Gasteiger charge is 2.40. The van der Waals surface area contributed by atoms with Gasteiger partial charge in [-0.05, 0) is 128 Å². The summed E-state index contributed by atoms with van der Waals surface area (Å²) in [5, 5.41) is 37.3. The first-order chi connectivity index (χ1) is 38.4. The van der Waals surface area contributed by atoms with Gasteiger partial charge in [-0.15, -0.1) is 0 Å². The number of carboxylic acids is 3. The molecule has 0 spiro atoms. The number of carbonyl (C=O) groups excluding carboxylic acids is 3. The van der Waals surface area contributed by atoms with E-state index in [1.54, 1.807) is 6.07 Å². The van der Waals surface area contributed by atoms with Crippen LogP contribution in [0.5, 0.6) is 5.75 Å². The lowest BCUT2D eigenvalue weighted by Crippen LogP contribution is -2.51. The second-order valence-corrected chi connectivity index (χ2v) is 22.5. The number of hydrogen-bond acceptors (Lipinski definition) is 12. The Morgan fingerprint density at radius 1 is 0.815 bits per heavy atom. The van der Waals surface area contributed by atoms with Crippen molar-refractivity contribution in [3.8, 4) is 5.75 Å². The number of nitrogens with one attached hydrogen (secondary N) is 4. The molecule has 1 aliphatic heterocycles. The fraction of sp³-hybridized carbons (Fsp3) is 0.433. The van der Waals surface area contributed by atoms with Crippen LogP contribution < -0.4 is 30.9 Å². The summed E-state index contributed by atoms with van der Waals surface area (Å²) < 4.78 is 51.1. The lowest BCUT2D eigenvalue weighted by atomic mass is 9.76. The van der Waals surface area contributed by atoms with Gasteiger partial charge in [0.25, 0.3) is 16.0 Å². The van der Waals surface area contributed by atoms with Gasteiger partial charge in [0.2, 0.25) is 5.91 Å². The van der Waals surface area contributed by atoms with Gasteiger partial charge in [-0.25, -0.2) is 14.4 Å². The van der Waals surface area contributed by atoms with Gasteiger partial charge in [0.15, 0.2) is 0 Å². The average molecular weight is 1140 g/mol. The summed E-state index contributed by atoms with van der Waals surface area (Å²) in [7, 11) is -4.23. The van der Waals surface area contributed by atoms with E-state index in [0.717, 1.165) is 58.7 Å². The second-order valence-electron chi connectivity index (χ2n) is 20.9. The van der Waals surface area contributed by atoms with Crippen LogP contribution in [0.3, 0.4) is 0 Å². The number of nitrogens with zero attached hydrogens (tertiary/aromatic N) is 1. The number of urea groups is 1. The predicted octanol–water partition coefficient (Wildman–Crippen LogP) is 7.91. The molecule has 1 heterocycles. The molecule has 0 saturated heterocycles. The van der Waals surface area contributed by atoms with Crippen LogP contribution in [-0.2, 0) is 49.6 Å². The van der Waals surface area contributed by atoms with E-state index >= 15 is 0 Å². The molecule has 1 aliphatic carbocycles. The lowest BCUT2D eigenvalue weighted by Gasteiger charge is -2.28. The van der Waals surface area contributed by atoms with Crippen molar-refractivity contribution in [3.63, 3.8) is 0 Å². The molecule has 2 atom stereocenters. The Morgan fingerprint density at radius 3 is 2.17 bits per heavy atom. The molecule has 3 aromatic rings. The van der Waals surface area contributed by atoms with E-state index in [2.05, 4.69) is 92.8 Å². The first-order valence-electron chi connectivity index (χ1n) is 27.0. The number of aryl methyl sites for hydroxylation is 1. The minimum atomic E-state index is -4.23. The Labute approximate surface area is 474 Å². The van der Waals surface area contributed by atoms with Crippen LogP contribution in [0.25, 0.3) is 0 Å². The first kappa shape index (κ1) is 64.2. The smallest absolute Gasteiger partial charge is 0.326 e. The molecule has 0 aromatic heterocycles. The van der Waals surface area contributed by atoms with Crippen LogP contribution in [0.4, 0.5) is 10.5 Å². The highest BCUT2D eigenvalue weighted by atomic mass is 32.2. The maximum absolute atomic E-state index is 13.5. The topological polar surface area (TPSA) is 297 Å². The number of hydrogen-bond donors (Lipinski definition) is 8. The molecular weight excluding hydrogens is 1060 g/mol. The van der Waals surface area contributed by atoms with E-state index in [1.165, 1.54) is 11.1 Å². The SMILES string of the molecule is C=C(/C=C/C1=C(Oc2ccccc2)C(=C/C=C2/N(CCCS(=O)(=O)O)c3ccc(C(=O)NCCOCCOCC(=O)NCCCC[C@H](NC(=O)N[C@@H](CCC(=O)O)C(=O)O)C(=O)O)cc3C2(C)C)/CCC1)C(C)(C)c1ccccc1C. The first-order valence-corrected chi connectivity index (χ1v) is 28.6. The van der Waals surface area contributed by atoms with Crippen molar-refractivity contribution in [1.82, 2.24) is 21.3 Å². The Hall–Kier alpha value is -7.59. The van der Waals surface area contributed by atoms with Gasteiger partial charge in [-0.2, -0.15) is 8.42 Å². The zero-order valence-electron chi connectivity index (χ0n) is 46.8. The van der Waals surface area contributed by atoms with Crippen molar-refractivity contribution >= 4 is 51.6 Å². The molecule has 438 valence electrons. The molecule has 4 amide bonds. The van der Waals surface area contributed by atoms with Crippen molar-refractivity contribution in [2.45, 2.75) is 115 Å². The van der Waals surface area contributed by atoms with Crippen molar-refractivity contribution in [3.05, 3.63) is 154 Å². The highest BCUT2D eigenvalue weighted by molar-refractivity contribution is 7.85. The van der Waals surface area contributed by atoms with Crippen molar-refractivity contribution in [1.29, 1.82) is 0 Å². The van der Waals surface area contributed by atoms with Crippen LogP contribution in [-0.4, -0.2) is 128 Å². The highest BCUT2D eigenvalue weighted by Crippen LogP contribution is 2.48. The maximum Gasteiger partial charge on any atom is 0.326 e. The zero-order valence-corrected chi connectivity index (χ0v) is 47.6. The van der Waals surface area contributed by atoms with Crippen LogP contribution in [0.2, 0.25) is 0 Å². The maximum atomic E-state index is 13.5. The third-order valence-corrected chi connectivity index (χ3v) is 15.0. The van der Waals surface area contributed by atoms with Crippen molar-refractivity contribution in [2.24, 2.45) is 0 Å². The van der Waals surface area contributed by atoms with Gasteiger partial charge >= 0.3 is 23.9 Å². The number of allylic oxidation sites excluding steroid dienone is 8. The molecule has 81 heavy (non-hydrogen) atoms. The fourth-order valence-corrected chi connectivity index (χ4v) is 10.1. The van der Waals surface area contributed by atoms with E-state index in [0.29, 0.717) is 17.7 Å². The molecule has 3 aromatic carbocycles. The number of carboxylic acid groups (broad SMARTS) is 3. The van der Waals surface area contributed by atoms with Gasteiger partial charge < -0.3 is 55.7 Å². The Kier molecular flexibility index (Phi) is 24.0. The molecule has 0 fully saturated rings. The number of anilines is 1. The molecule has 5 rings (SSSR count). The molecule has 2 aliphatic rings. The normalized spacial score (nSPS) is 16.0. The predicted molar refractivity (Wildman–Crippen MR) is 307 cm³/mol. The second kappa shape index (κ2) is 30.3. The number of ether oxygens (including phenoxy) is 3. The zero-order chi connectivity index (χ0) is 59.3. The number of unbranched alkanes of at least 4 members (excludes halogenated alkanes) is 1. The summed E-state index contributed by atoms with van der Waals surface area (Å²) in [6, 6.07) is 19.4. The lowest BCUT2D eigenvalue weighted by molar-refractivity contribution is -0.141. The summed E-state index contributed by atoms with van der Waals surface area (Å²) in [4.78, 5) is 73.9. The van der Waals surface area contributed by atoms with Crippen LogP contribution >= 0.6 is 0 Å². The van der Waals surface area contributed by atoms with E-state index in [4.69, 9.17) is 19.3 Å². The molecule has 0 bridgehead atoms. The number of benzene rings is 3. The largest absolute Gasteiger partial charge is 0.481 e. The third kappa shape index (κ3) is 19.6. The summed E-state index contributed by atoms with van der Waals surface area (Å²) in [5.41, 5.74) is 7.33. The molecule has 0 radical (unpaired) electrons. The van der Waals surface area contributed by atoms with Gasteiger partial charge in [-0.3, -0.25) is 18.9 Å². The number of rotatable bonds is 32. The van der Waals surface area contributed by atoms with Gasteiger partial charge in [0.05, 0.1) is 25.6 Å². The van der Waals surface area contributed by atoms with E-state index in [9.17, 15) is 52.0 Å². The van der Waals surface area contributed by atoms with Crippen LogP contribution in [0.1, 0.15) is 113 Å². The average Bonchev–Trinajstić information content (AvgIpc) is 3.74. The minimum absolute atomic E-state index is 0.0231. The van der Waals surface area contributed by atoms with E-state index in [-0.39, 0.29) is 83.1 Å². The van der Waals surface area contributed by atoms with E-state index < -0.39 is 69.6 Å². The molecule has 0 saturated carbocycles. The number of fused-ring (bicyclic) bond motifs is 1. The van der Waals surface area contributed by atoms with Gasteiger partial charge in [0, 0.05) is 53.8 Å². The van der Waals surface area contributed by atoms with E-state index in [1.807, 2.05) is 65.6 Å². The molecule has 20 nitrogen and oxygen atoms in total.